The van der Waals surface area contributed by atoms with Gasteiger partial charge in [0.15, 0.2) is 0 Å². The fourth-order valence-corrected chi connectivity index (χ4v) is 3.07. The van der Waals surface area contributed by atoms with Gasteiger partial charge in [-0.15, -0.1) is 21.5 Å². The molecular weight excluding hydrogens is 356 g/mol. The standard InChI is InChI=1S/C16H20N6O3S/c1-16(2,7-20-23-3)21-14(17)13(15-22-19-8-24-15)25-10-4-5-11-12(6-10)26-9-18-11/h4-9,13-14,21H,17H2,1-3H3/b20-7+. The van der Waals surface area contributed by atoms with Crippen molar-refractivity contribution in [1.82, 2.24) is 20.5 Å². The number of rotatable bonds is 8. The lowest BCUT2D eigenvalue weighted by Gasteiger charge is -2.30. The Hall–Kier alpha value is -2.56. The van der Waals surface area contributed by atoms with E-state index in [-0.39, 0.29) is 5.89 Å². The first kappa shape index (κ1) is 18.2. The number of nitrogens with one attached hydrogen (secondary N) is 1. The molecule has 0 spiro atoms. The molecule has 10 heteroatoms. The molecule has 3 N–H and O–H groups in total. The maximum atomic E-state index is 6.33. The zero-order valence-corrected chi connectivity index (χ0v) is 15.4. The van der Waals surface area contributed by atoms with Gasteiger partial charge >= 0.3 is 0 Å². The van der Waals surface area contributed by atoms with Crippen molar-refractivity contribution in [2.45, 2.75) is 31.7 Å². The highest BCUT2D eigenvalue weighted by molar-refractivity contribution is 7.16. The summed E-state index contributed by atoms with van der Waals surface area (Å²) >= 11 is 1.53. The number of benzene rings is 1. The summed E-state index contributed by atoms with van der Waals surface area (Å²) in [5.74, 6) is 0.902. The van der Waals surface area contributed by atoms with E-state index in [0.29, 0.717) is 5.75 Å². The first-order valence-corrected chi connectivity index (χ1v) is 8.73. The van der Waals surface area contributed by atoms with E-state index in [0.717, 1.165) is 10.2 Å². The van der Waals surface area contributed by atoms with Crippen LogP contribution in [0, 0.1) is 0 Å². The van der Waals surface area contributed by atoms with Gasteiger partial charge < -0.3 is 19.7 Å². The number of hydrogen-bond donors (Lipinski definition) is 2. The van der Waals surface area contributed by atoms with E-state index in [4.69, 9.17) is 19.7 Å². The predicted octanol–water partition coefficient (Wildman–Crippen LogP) is 2.08. The van der Waals surface area contributed by atoms with Crippen molar-refractivity contribution in [2.75, 3.05) is 7.11 Å². The Morgan fingerprint density at radius 3 is 3.00 bits per heavy atom. The molecule has 0 aliphatic rings. The largest absolute Gasteiger partial charge is 0.477 e. The van der Waals surface area contributed by atoms with Crippen LogP contribution in [0.2, 0.25) is 0 Å². The van der Waals surface area contributed by atoms with Crippen LogP contribution in [0.15, 0.2) is 39.7 Å². The van der Waals surface area contributed by atoms with Gasteiger partial charge in [-0.25, -0.2) is 4.98 Å². The topological polar surface area (TPSA) is 121 Å². The molecule has 3 rings (SSSR count). The quantitative estimate of drug-likeness (QED) is 0.348. The highest BCUT2D eigenvalue weighted by atomic mass is 32.1. The van der Waals surface area contributed by atoms with Crippen LogP contribution in [-0.4, -0.2) is 40.2 Å². The molecule has 138 valence electrons. The summed E-state index contributed by atoms with van der Waals surface area (Å²) in [6, 6.07) is 5.62. The van der Waals surface area contributed by atoms with Gasteiger partial charge in [-0.05, 0) is 32.0 Å². The van der Waals surface area contributed by atoms with Gasteiger partial charge in [0.1, 0.15) is 19.0 Å². The number of aromatic nitrogens is 3. The first-order chi connectivity index (χ1) is 12.5. The van der Waals surface area contributed by atoms with Crippen molar-refractivity contribution in [3.63, 3.8) is 0 Å². The zero-order chi connectivity index (χ0) is 18.6. The van der Waals surface area contributed by atoms with Gasteiger partial charge in [0.2, 0.25) is 12.5 Å². The van der Waals surface area contributed by atoms with Crippen LogP contribution >= 0.6 is 11.3 Å². The monoisotopic (exact) mass is 376 g/mol. The molecule has 0 radical (unpaired) electrons. The van der Waals surface area contributed by atoms with Crippen molar-refractivity contribution >= 4 is 27.8 Å². The maximum Gasteiger partial charge on any atom is 0.259 e. The summed E-state index contributed by atoms with van der Waals surface area (Å²) in [5.41, 5.74) is 8.49. The lowest BCUT2D eigenvalue weighted by Crippen LogP contribution is -2.55. The number of nitrogens with zero attached hydrogens (tertiary/aromatic N) is 4. The van der Waals surface area contributed by atoms with Gasteiger partial charge in [0, 0.05) is 0 Å². The number of hydrogen-bond acceptors (Lipinski definition) is 10. The van der Waals surface area contributed by atoms with Crippen LogP contribution in [0.1, 0.15) is 25.8 Å². The van der Waals surface area contributed by atoms with Crippen molar-refractivity contribution in [2.24, 2.45) is 10.9 Å². The Morgan fingerprint density at radius 1 is 1.42 bits per heavy atom. The van der Waals surface area contributed by atoms with Gasteiger partial charge in [0.05, 0.1) is 27.5 Å². The predicted molar refractivity (Wildman–Crippen MR) is 98.0 cm³/mol. The van der Waals surface area contributed by atoms with Crippen LogP contribution in [0.5, 0.6) is 5.75 Å². The fourth-order valence-electron chi connectivity index (χ4n) is 2.37. The Morgan fingerprint density at radius 2 is 2.27 bits per heavy atom. The number of fused-ring (bicyclic) bond motifs is 1. The molecule has 2 heterocycles. The second-order valence-electron chi connectivity index (χ2n) is 6.11. The minimum absolute atomic E-state index is 0.272. The molecule has 0 aliphatic carbocycles. The summed E-state index contributed by atoms with van der Waals surface area (Å²) in [6.07, 6.45) is 1.51. The third-order valence-corrected chi connectivity index (χ3v) is 4.32. The molecular formula is C16H20N6O3S. The van der Waals surface area contributed by atoms with E-state index in [1.54, 1.807) is 11.7 Å². The minimum atomic E-state index is -0.696. The summed E-state index contributed by atoms with van der Waals surface area (Å²) in [4.78, 5) is 8.99. The number of thiazole rings is 1. The molecule has 26 heavy (non-hydrogen) atoms. The molecule has 0 amide bonds. The van der Waals surface area contributed by atoms with Crippen LogP contribution in [0.25, 0.3) is 10.2 Å². The van der Waals surface area contributed by atoms with E-state index < -0.39 is 17.8 Å². The van der Waals surface area contributed by atoms with Crippen molar-refractivity contribution in [3.05, 3.63) is 36.0 Å². The van der Waals surface area contributed by atoms with E-state index >= 15 is 0 Å². The van der Waals surface area contributed by atoms with E-state index in [9.17, 15) is 0 Å². The SMILES string of the molecule is CO/N=C/C(C)(C)NC(N)C(Oc1ccc2ncsc2c1)c1nnco1. The van der Waals surface area contributed by atoms with Gasteiger partial charge in [0.25, 0.3) is 5.89 Å². The molecule has 0 bridgehead atoms. The third-order valence-electron chi connectivity index (χ3n) is 3.53. The summed E-state index contributed by atoms with van der Waals surface area (Å²) in [5, 5.41) is 14.7. The average Bonchev–Trinajstić information content (AvgIpc) is 3.28. The minimum Gasteiger partial charge on any atom is -0.477 e. The number of oxime groups is 1. The fraction of sp³-hybridized carbons (Fsp3) is 0.375. The molecule has 2 aromatic heterocycles. The van der Waals surface area contributed by atoms with Crippen molar-refractivity contribution < 1.29 is 14.0 Å². The molecule has 2 atom stereocenters. The lowest BCUT2D eigenvalue weighted by atomic mass is 10.1. The average molecular weight is 376 g/mol. The van der Waals surface area contributed by atoms with Gasteiger partial charge in [-0.2, -0.15) is 0 Å². The Bertz CT molecular complexity index is 864. The Kier molecular flexibility index (Phi) is 5.45. The normalized spacial score (nSPS) is 14.6. The molecule has 0 saturated carbocycles. The van der Waals surface area contributed by atoms with Crippen LogP contribution in [-0.2, 0) is 4.84 Å². The number of ether oxygens (including phenoxy) is 1. The molecule has 1 aromatic carbocycles. The Balaban J connectivity index is 1.82. The first-order valence-electron chi connectivity index (χ1n) is 7.85. The van der Waals surface area contributed by atoms with E-state index in [2.05, 4.69) is 25.7 Å². The second-order valence-corrected chi connectivity index (χ2v) is 6.99. The van der Waals surface area contributed by atoms with Gasteiger partial charge in [-0.1, -0.05) is 5.16 Å². The van der Waals surface area contributed by atoms with Crippen LogP contribution < -0.4 is 15.8 Å². The van der Waals surface area contributed by atoms with E-state index in [1.165, 1.54) is 24.8 Å². The second kappa shape index (κ2) is 7.77. The maximum absolute atomic E-state index is 6.33. The summed E-state index contributed by atoms with van der Waals surface area (Å²) < 4.78 is 12.4. The van der Waals surface area contributed by atoms with Gasteiger partial charge in [-0.3, -0.25) is 5.32 Å². The molecule has 3 aromatic rings. The number of nitrogens with two attached hydrogens (primary N) is 1. The summed E-state index contributed by atoms with van der Waals surface area (Å²) in [7, 11) is 1.48. The zero-order valence-electron chi connectivity index (χ0n) is 14.6. The highest BCUT2D eigenvalue weighted by Gasteiger charge is 2.31. The highest BCUT2D eigenvalue weighted by Crippen LogP contribution is 2.28. The Labute approximate surface area is 154 Å². The third kappa shape index (κ3) is 4.34. The molecule has 0 aliphatic heterocycles. The molecule has 0 saturated heterocycles. The van der Waals surface area contributed by atoms with Crippen molar-refractivity contribution in [1.29, 1.82) is 0 Å². The van der Waals surface area contributed by atoms with Crippen molar-refractivity contribution in [3.8, 4) is 5.75 Å². The molecule has 0 fully saturated rings. The lowest BCUT2D eigenvalue weighted by molar-refractivity contribution is 0.117. The molecule has 9 nitrogen and oxygen atoms in total. The van der Waals surface area contributed by atoms with E-state index in [1.807, 2.05) is 32.0 Å². The van der Waals surface area contributed by atoms with Crippen LogP contribution in [0.4, 0.5) is 0 Å². The van der Waals surface area contributed by atoms with Crippen LogP contribution in [0.3, 0.4) is 0 Å². The molecule has 2 unspecified atom stereocenters. The summed E-state index contributed by atoms with van der Waals surface area (Å²) in [6.45, 7) is 3.81. The smallest absolute Gasteiger partial charge is 0.259 e.